The summed E-state index contributed by atoms with van der Waals surface area (Å²) in [5.41, 5.74) is 10.8. The highest BCUT2D eigenvalue weighted by atomic mass is 35.5. The van der Waals surface area contributed by atoms with Crippen LogP contribution in [0, 0.1) is 18.3 Å². The minimum Gasteiger partial charge on any atom is -0.483 e. The number of carbonyl (C=O) groups is 1. The molecule has 2 aromatic rings. The fourth-order valence-electron chi connectivity index (χ4n) is 2.58. The number of carboxylic acid groups (broad SMARTS) is 1. The molecule has 2 heterocycles. The van der Waals surface area contributed by atoms with E-state index in [-0.39, 0.29) is 12.3 Å². The van der Waals surface area contributed by atoms with Gasteiger partial charge in [0.15, 0.2) is 0 Å². The predicted octanol–water partition coefficient (Wildman–Crippen LogP) is 2.94. The van der Waals surface area contributed by atoms with Crippen molar-refractivity contribution in [1.29, 1.82) is 5.26 Å². The minimum absolute atomic E-state index is 0.250. The zero-order valence-corrected chi connectivity index (χ0v) is 13.8. The number of nitrogens with zero attached hydrogens (tertiary/aromatic N) is 2. The topological polar surface area (TPSA) is 109 Å². The number of hydrogen-bond acceptors (Lipinski definition) is 5. The van der Waals surface area contributed by atoms with E-state index in [4.69, 9.17) is 32.0 Å². The number of nitriles is 1. The lowest BCUT2D eigenvalue weighted by Crippen LogP contribution is -2.16. The molecule has 0 spiro atoms. The van der Waals surface area contributed by atoms with Crippen LogP contribution in [0.15, 0.2) is 18.2 Å². The Bertz CT molecular complexity index is 816. The Morgan fingerprint density at radius 2 is 2.21 bits per heavy atom. The van der Waals surface area contributed by atoms with E-state index in [2.05, 4.69) is 11.1 Å². The van der Waals surface area contributed by atoms with Crippen LogP contribution in [-0.2, 0) is 22.6 Å². The monoisotopic (exact) mass is 345 g/mol. The molecule has 0 unspecified atom stereocenters. The van der Waals surface area contributed by atoms with Gasteiger partial charge >= 0.3 is 0 Å². The Labute approximate surface area is 144 Å². The minimum atomic E-state index is -0.250. The van der Waals surface area contributed by atoms with Crippen LogP contribution in [0.1, 0.15) is 22.4 Å². The molecule has 6 nitrogen and oxygen atoms in total. The molecule has 24 heavy (non-hydrogen) atoms. The molecule has 0 radical (unpaired) electrons. The molecule has 0 saturated carbocycles. The van der Waals surface area contributed by atoms with Crippen LogP contribution in [0.4, 0.5) is 5.82 Å². The third kappa shape index (κ3) is 3.48. The molecule has 0 amide bonds. The molecule has 0 bridgehead atoms. The average Bonchev–Trinajstić information content (AvgIpc) is 2.57. The summed E-state index contributed by atoms with van der Waals surface area (Å²) in [6.07, 6.45) is 0.706. The maximum absolute atomic E-state index is 9.44. The van der Waals surface area contributed by atoms with E-state index in [9.17, 15) is 5.26 Å². The molecular formula is C17H16ClN3O3. The van der Waals surface area contributed by atoms with Gasteiger partial charge in [-0.15, -0.1) is 0 Å². The summed E-state index contributed by atoms with van der Waals surface area (Å²) in [7, 11) is 0. The normalized spacial score (nSPS) is 12.4. The molecule has 0 saturated heterocycles. The number of pyridine rings is 1. The van der Waals surface area contributed by atoms with Crippen LogP contribution < -0.4 is 5.73 Å². The molecule has 3 rings (SSSR count). The molecule has 7 heteroatoms. The average molecular weight is 346 g/mol. The number of anilines is 1. The Morgan fingerprint density at radius 1 is 1.50 bits per heavy atom. The molecule has 1 aliphatic rings. The third-order valence-corrected chi connectivity index (χ3v) is 4.12. The zero-order valence-electron chi connectivity index (χ0n) is 13.0. The summed E-state index contributed by atoms with van der Waals surface area (Å²) in [4.78, 5) is 12.7. The summed E-state index contributed by atoms with van der Waals surface area (Å²) in [5, 5.41) is 17.0. The standard InChI is InChI=1S/C16H14ClN3O.CH2O2/c1-9-2-3-10(6-13(9)17)15-11(7-18)16(19)20-14-4-5-21-8-12(14)15;2-1-3/h2-3,6H,4-5,8H2,1H3,(H2,19,20);1H,(H,2,3). The van der Waals surface area contributed by atoms with Crippen molar-refractivity contribution >= 4 is 23.9 Å². The van der Waals surface area contributed by atoms with Gasteiger partial charge in [-0.25, -0.2) is 4.98 Å². The van der Waals surface area contributed by atoms with Gasteiger partial charge in [0.2, 0.25) is 0 Å². The van der Waals surface area contributed by atoms with E-state index >= 15 is 0 Å². The lowest BCUT2D eigenvalue weighted by Gasteiger charge is -2.21. The number of benzene rings is 1. The maximum Gasteiger partial charge on any atom is 0.290 e. The zero-order chi connectivity index (χ0) is 17.7. The van der Waals surface area contributed by atoms with Crippen molar-refractivity contribution in [3.63, 3.8) is 0 Å². The highest BCUT2D eigenvalue weighted by molar-refractivity contribution is 6.31. The summed E-state index contributed by atoms with van der Waals surface area (Å²) in [6, 6.07) is 7.91. The van der Waals surface area contributed by atoms with E-state index in [0.29, 0.717) is 30.2 Å². The molecule has 1 aromatic carbocycles. The number of aromatic nitrogens is 1. The Morgan fingerprint density at radius 3 is 2.83 bits per heavy atom. The van der Waals surface area contributed by atoms with Crippen LogP contribution in [0.25, 0.3) is 11.1 Å². The number of nitrogen functional groups attached to an aromatic ring is 1. The van der Waals surface area contributed by atoms with Crippen LogP contribution in [0.2, 0.25) is 5.02 Å². The first-order chi connectivity index (χ1) is 11.5. The predicted molar refractivity (Wildman–Crippen MR) is 90.6 cm³/mol. The first-order valence-electron chi connectivity index (χ1n) is 7.16. The Hall–Kier alpha value is -2.62. The summed E-state index contributed by atoms with van der Waals surface area (Å²) in [6.45, 7) is 2.76. The van der Waals surface area contributed by atoms with Crippen molar-refractivity contribution in [2.24, 2.45) is 0 Å². The molecule has 0 fully saturated rings. The van der Waals surface area contributed by atoms with E-state index < -0.39 is 0 Å². The number of fused-ring (bicyclic) bond motifs is 1. The number of nitrogens with two attached hydrogens (primary N) is 1. The summed E-state index contributed by atoms with van der Waals surface area (Å²) < 4.78 is 5.53. The van der Waals surface area contributed by atoms with Gasteiger partial charge in [-0.05, 0) is 24.1 Å². The number of rotatable bonds is 1. The molecule has 3 N–H and O–H groups in total. The highest BCUT2D eigenvalue weighted by Gasteiger charge is 2.22. The van der Waals surface area contributed by atoms with Gasteiger partial charge in [0.25, 0.3) is 6.47 Å². The third-order valence-electron chi connectivity index (χ3n) is 3.71. The number of halogens is 1. The number of aryl methyl sites for hydroxylation is 1. The lowest BCUT2D eigenvalue weighted by atomic mass is 9.92. The molecule has 0 atom stereocenters. The van der Waals surface area contributed by atoms with Gasteiger partial charge in [-0.3, -0.25) is 4.79 Å². The van der Waals surface area contributed by atoms with Crippen molar-refractivity contribution in [1.82, 2.24) is 4.98 Å². The van der Waals surface area contributed by atoms with Gasteiger partial charge in [-0.1, -0.05) is 23.7 Å². The lowest BCUT2D eigenvalue weighted by molar-refractivity contribution is -0.122. The highest BCUT2D eigenvalue weighted by Crippen LogP contribution is 2.35. The first-order valence-corrected chi connectivity index (χ1v) is 7.54. The molecule has 0 aliphatic carbocycles. The fraction of sp³-hybridized carbons (Fsp3) is 0.235. The van der Waals surface area contributed by atoms with E-state index in [1.807, 2.05) is 25.1 Å². The van der Waals surface area contributed by atoms with Gasteiger partial charge in [0.05, 0.1) is 18.9 Å². The molecular weight excluding hydrogens is 330 g/mol. The van der Waals surface area contributed by atoms with Gasteiger partial charge in [0, 0.05) is 22.6 Å². The van der Waals surface area contributed by atoms with Gasteiger partial charge < -0.3 is 15.6 Å². The second-order valence-electron chi connectivity index (χ2n) is 5.16. The Balaban J connectivity index is 0.000000647. The second kappa shape index (κ2) is 7.77. The van der Waals surface area contributed by atoms with E-state index in [1.165, 1.54) is 0 Å². The van der Waals surface area contributed by atoms with E-state index in [1.54, 1.807) is 0 Å². The Kier molecular flexibility index (Phi) is 5.74. The van der Waals surface area contributed by atoms with Crippen LogP contribution >= 0.6 is 11.6 Å². The van der Waals surface area contributed by atoms with Gasteiger partial charge in [-0.2, -0.15) is 5.26 Å². The molecule has 1 aromatic heterocycles. The molecule has 1 aliphatic heterocycles. The number of ether oxygens (including phenoxy) is 1. The van der Waals surface area contributed by atoms with E-state index in [0.717, 1.165) is 27.9 Å². The van der Waals surface area contributed by atoms with Gasteiger partial charge in [0.1, 0.15) is 17.5 Å². The van der Waals surface area contributed by atoms with Crippen LogP contribution in [0.3, 0.4) is 0 Å². The first kappa shape index (κ1) is 17.7. The van der Waals surface area contributed by atoms with Crippen molar-refractivity contribution in [3.8, 4) is 17.2 Å². The van der Waals surface area contributed by atoms with Crippen molar-refractivity contribution < 1.29 is 14.6 Å². The van der Waals surface area contributed by atoms with Crippen molar-refractivity contribution in [3.05, 3.63) is 45.6 Å². The summed E-state index contributed by atoms with van der Waals surface area (Å²) in [5.74, 6) is 0.268. The quantitative estimate of drug-likeness (QED) is 0.769. The van der Waals surface area contributed by atoms with Crippen LogP contribution in [0.5, 0.6) is 0 Å². The van der Waals surface area contributed by atoms with Crippen molar-refractivity contribution in [2.45, 2.75) is 20.0 Å². The summed E-state index contributed by atoms with van der Waals surface area (Å²) >= 11 is 6.22. The molecule has 124 valence electrons. The number of hydrogen-bond donors (Lipinski definition) is 2. The second-order valence-corrected chi connectivity index (χ2v) is 5.56. The van der Waals surface area contributed by atoms with Crippen molar-refractivity contribution in [2.75, 3.05) is 12.3 Å². The fourth-order valence-corrected chi connectivity index (χ4v) is 2.76. The largest absolute Gasteiger partial charge is 0.483 e. The maximum atomic E-state index is 9.44. The smallest absolute Gasteiger partial charge is 0.290 e. The SMILES string of the molecule is Cc1ccc(-c2c(C#N)c(N)nc3c2COCC3)cc1Cl.O=CO. The van der Waals surface area contributed by atoms with Crippen LogP contribution in [-0.4, -0.2) is 23.2 Å².